The summed E-state index contributed by atoms with van der Waals surface area (Å²) in [5, 5.41) is 17.0. The first-order valence-corrected chi connectivity index (χ1v) is 6.05. The van der Waals surface area contributed by atoms with E-state index in [1.165, 1.54) is 0 Å². The first-order valence-electron chi connectivity index (χ1n) is 4.90. The summed E-state index contributed by atoms with van der Waals surface area (Å²) < 4.78 is 1.79. The monoisotopic (exact) mass is 215 g/mol. The van der Waals surface area contributed by atoms with E-state index in [0.717, 1.165) is 24.5 Å². The normalized spacial score (nSPS) is 13.1. The first-order chi connectivity index (χ1) is 6.74. The molecular formula is C9H17N3OS. The van der Waals surface area contributed by atoms with Crippen LogP contribution in [0.3, 0.4) is 0 Å². The van der Waals surface area contributed by atoms with Gasteiger partial charge in [-0.15, -0.1) is 5.10 Å². The van der Waals surface area contributed by atoms with Gasteiger partial charge in [0, 0.05) is 6.54 Å². The second kappa shape index (κ2) is 6.03. The number of aliphatic hydroxyl groups is 1. The van der Waals surface area contributed by atoms with Crippen molar-refractivity contribution in [1.29, 1.82) is 0 Å². The molecule has 0 aliphatic heterocycles. The minimum Gasteiger partial charge on any atom is -0.387 e. The summed E-state index contributed by atoms with van der Waals surface area (Å²) in [6.07, 6.45) is 2.39. The van der Waals surface area contributed by atoms with Crippen LogP contribution in [-0.4, -0.2) is 31.6 Å². The van der Waals surface area contributed by atoms with Crippen LogP contribution in [0.2, 0.25) is 0 Å². The van der Waals surface area contributed by atoms with Crippen LogP contribution < -0.4 is 0 Å². The fourth-order valence-electron chi connectivity index (χ4n) is 1.09. The molecule has 1 aromatic rings. The van der Waals surface area contributed by atoms with Crippen LogP contribution in [-0.2, 0) is 6.54 Å². The molecule has 0 spiro atoms. The summed E-state index contributed by atoms with van der Waals surface area (Å²) >= 11 is 1.93. The zero-order valence-corrected chi connectivity index (χ0v) is 9.50. The SMILES string of the molecule is CCSCCCn1cc(C(C)O)nn1. The molecule has 1 N–H and O–H groups in total. The van der Waals surface area contributed by atoms with Gasteiger partial charge >= 0.3 is 0 Å². The molecular weight excluding hydrogens is 198 g/mol. The van der Waals surface area contributed by atoms with Crippen LogP contribution in [0.15, 0.2) is 6.20 Å². The molecule has 0 radical (unpaired) electrons. The molecule has 4 nitrogen and oxygen atoms in total. The molecule has 1 atom stereocenters. The van der Waals surface area contributed by atoms with E-state index in [0.29, 0.717) is 5.69 Å². The fourth-order valence-corrected chi connectivity index (χ4v) is 1.71. The highest BCUT2D eigenvalue weighted by atomic mass is 32.2. The van der Waals surface area contributed by atoms with Crippen molar-refractivity contribution >= 4 is 11.8 Å². The molecule has 1 heterocycles. The van der Waals surface area contributed by atoms with Gasteiger partial charge in [0.15, 0.2) is 0 Å². The van der Waals surface area contributed by atoms with Crippen molar-refractivity contribution in [1.82, 2.24) is 15.0 Å². The second-order valence-electron chi connectivity index (χ2n) is 3.13. The van der Waals surface area contributed by atoms with Crippen molar-refractivity contribution in [2.45, 2.75) is 32.9 Å². The molecule has 0 fully saturated rings. The Morgan fingerprint density at radius 2 is 2.43 bits per heavy atom. The number of aromatic nitrogens is 3. The van der Waals surface area contributed by atoms with Gasteiger partial charge < -0.3 is 5.11 Å². The summed E-state index contributed by atoms with van der Waals surface area (Å²) in [5.41, 5.74) is 0.646. The Morgan fingerprint density at radius 3 is 3.00 bits per heavy atom. The predicted octanol–water partition coefficient (Wildman–Crippen LogP) is 1.47. The fraction of sp³-hybridized carbons (Fsp3) is 0.778. The van der Waals surface area contributed by atoms with Gasteiger partial charge in [-0.3, -0.25) is 4.68 Å². The number of thioether (sulfide) groups is 1. The van der Waals surface area contributed by atoms with E-state index in [-0.39, 0.29) is 0 Å². The summed E-state index contributed by atoms with van der Waals surface area (Å²) in [6.45, 7) is 4.74. The first kappa shape index (κ1) is 11.5. The van der Waals surface area contributed by atoms with Gasteiger partial charge in [0.1, 0.15) is 5.69 Å². The van der Waals surface area contributed by atoms with Gasteiger partial charge in [-0.2, -0.15) is 11.8 Å². The van der Waals surface area contributed by atoms with E-state index in [4.69, 9.17) is 0 Å². The predicted molar refractivity (Wildman–Crippen MR) is 58.3 cm³/mol. The van der Waals surface area contributed by atoms with Gasteiger partial charge in [-0.1, -0.05) is 12.1 Å². The van der Waals surface area contributed by atoms with Crippen LogP contribution in [0.4, 0.5) is 0 Å². The minimum absolute atomic E-state index is 0.520. The Balaban J connectivity index is 2.29. The summed E-state index contributed by atoms with van der Waals surface area (Å²) in [6, 6.07) is 0. The zero-order valence-electron chi connectivity index (χ0n) is 8.68. The van der Waals surface area contributed by atoms with Gasteiger partial charge in [-0.25, -0.2) is 0 Å². The van der Waals surface area contributed by atoms with Gasteiger partial charge in [0.05, 0.1) is 12.3 Å². The van der Waals surface area contributed by atoms with E-state index < -0.39 is 6.10 Å². The Kier molecular flexibility index (Phi) is 4.97. The number of aliphatic hydroxyl groups excluding tert-OH is 1. The maximum Gasteiger partial charge on any atom is 0.111 e. The molecule has 0 aliphatic carbocycles. The average molecular weight is 215 g/mol. The third kappa shape index (κ3) is 3.67. The van der Waals surface area contributed by atoms with E-state index in [2.05, 4.69) is 17.2 Å². The molecule has 0 bridgehead atoms. The van der Waals surface area contributed by atoms with E-state index >= 15 is 0 Å². The lowest BCUT2D eigenvalue weighted by Crippen LogP contribution is -2.00. The molecule has 5 heteroatoms. The molecule has 1 aromatic heterocycles. The lowest BCUT2D eigenvalue weighted by atomic mass is 10.3. The van der Waals surface area contributed by atoms with Gasteiger partial charge in [0.2, 0.25) is 0 Å². The zero-order chi connectivity index (χ0) is 10.4. The van der Waals surface area contributed by atoms with Gasteiger partial charge in [-0.05, 0) is 24.9 Å². The number of hydrogen-bond acceptors (Lipinski definition) is 4. The van der Waals surface area contributed by atoms with Crippen molar-refractivity contribution < 1.29 is 5.11 Å². The standard InChI is InChI=1S/C9H17N3OS/c1-3-14-6-4-5-12-7-9(8(2)13)10-11-12/h7-8,13H,3-6H2,1-2H3. The largest absolute Gasteiger partial charge is 0.387 e. The Hall–Kier alpha value is -0.550. The van der Waals surface area contributed by atoms with Crippen molar-refractivity contribution in [3.05, 3.63) is 11.9 Å². The molecule has 0 saturated heterocycles. The highest BCUT2D eigenvalue weighted by Gasteiger charge is 2.05. The topological polar surface area (TPSA) is 50.9 Å². The number of nitrogens with zero attached hydrogens (tertiary/aromatic N) is 3. The molecule has 1 unspecified atom stereocenters. The number of aryl methyl sites for hydroxylation is 1. The summed E-state index contributed by atoms with van der Waals surface area (Å²) in [7, 11) is 0. The number of rotatable bonds is 6. The third-order valence-electron chi connectivity index (χ3n) is 1.86. The van der Waals surface area contributed by atoms with Crippen molar-refractivity contribution in [3.8, 4) is 0 Å². The van der Waals surface area contributed by atoms with Crippen molar-refractivity contribution in [2.75, 3.05) is 11.5 Å². The highest BCUT2D eigenvalue weighted by Crippen LogP contribution is 2.07. The Morgan fingerprint density at radius 1 is 1.64 bits per heavy atom. The minimum atomic E-state index is -0.520. The van der Waals surface area contributed by atoms with Crippen LogP contribution in [0.5, 0.6) is 0 Å². The number of hydrogen-bond donors (Lipinski definition) is 1. The van der Waals surface area contributed by atoms with Crippen LogP contribution in [0.25, 0.3) is 0 Å². The summed E-state index contributed by atoms with van der Waals surface area (Å²) in [4.78, 5) is 0. The second-order valence-corrected chi connectivity index (χ2v) is 4.53. The lowest BCUT2D eigenvalue weighted by Gasteiger charge is -1.99. The molecule has 0 aliphatic rings. The molecule has 0 saturated carbocycles. The third-order valence-corrected chi connectivity index (χ3v) is 2.85. The van der Waals surface area contributed by atoms with Crippen molar-refractivity contribution in [3.63, 3.8) is 0 Å². The quantitative estimate of drug-likeness (QED) is 0.730. The molecule has 80 valence electrons. The maximum atomic E-state index is 9.23. The Labute approximate surface area is 88.7 Å². The van der Waals surface area contributed by atoms with E-state index in [1.54, 1.807) is 17.8 Å². The van der Waals surface area contributed by atoms with E-state index in [9.17, 15) is 5.11 Å². The maximum absolute atomic E-state index is 9.23. The van der Waals surface area contributed by atoms with Crippen LogP contribution in [0, 0.1) is 0 Å². The average Bonchev–Trinajstić information content (AvgIpc) is 2.61. The van der Waals surface area contributed by atoms with Crippen LogP contribution in [0.1, 0.15) is 32.1 Å². The van der Waals surface area contributed by atoms with E-state index in [1.807, 2.05) is 11.8 Å². The highest BCUT2D eigenvalue weighted by molar-refractivity contribution is 7.99. The smallest absolute Gasteiger partial charge is 0.111 e. The molecule has 14 heavy (non-hydrogen) atoms. The Bertz CT molecular complexity index is 262. The van der Waals surface area contributed by atoms with Gasteiger partial charge in [0.25, 0.3) is 0 Å². The van der Waals surface area contributed by atoms with Crippen LogP contribution >= 0.6 is 11.8 Å². The summed E-state index contributed by atoms with van der Waals surface area (Å²) in [5.74, 6) is 2.32. The van der Waals surface area contributed by atoms with Crippen molar-refractivity contribution in [2.24, 2.45) is 0 Å². The molecule has 1 rings (SSSR count). The molecule has 0 aromatic carbocycles. The lowest BCUT2D eigenvalue weighted by molar-refractivity contribution is 0.194. The molecule has 0 amide bonds.